The van der Waals surface area contributed by atoms with Gasteiger partial charge in [-0.15, -0.1) is 0 Å². The van der Waals surface area contributed by atoms with Gasteiger partial charge in [-0.2, -0.15) is 10.5 Å². The fourth-order valence-electron chi connectivity index (χ4n) is 4.61. The number of nitrogens with one attached hydrogen (secondary N) is 4. The molecule has 4 rings (SSSR count). The molecule has 1 aliphatic rings. The molecule has 42 heavy (non-hydrogen) atoms. The molecular formula is C30H29N7O5. The molecule has 0 saturated heterocycles. The maximum absolute atomic E-state index is 14.3. The summed E-state index contributed by atoms with van der Waals surface area (Å²) in [5.41, 5.74) is -0.548. The number of urea groups is 2. The molecule has 0 aliphatic carbocycles. The molecule has 12 heteroatoms. The van der Waals surface area contributed by atoms with Gasteiger partial charge in [0.05, 0.1) is 34.7 Å². The van der Waals surface area contributed by atoms with E-state index in [4.69, 9.17) is 9.47 Å². The summed E-state index contributed by atoms with van der Waals surface area (Å²) in [4.78, 5) is 42.5. The number of rotatable bonds is 10. The van der Waals surface area contributed by atoms with E-state index in [1.807, 2.05) is 12.1 Å². The van der Waals surface area contributed by atoms with Crippen molar-refractivity contribution in [3.63, 3.8) is 0 Å². The minimum atomic E-state index is -2.09. The summed E-state index contributed by atoms with van der Waals surface area (Å²) in [7, 11) is 0. The number of fused-ring (bicyclic) bond motifs is 1. The highest BCUT2D eigenvalue weighted by atomic mass is 16.7. The van der Waals surface area contributed by atoms with E-state index >= 15 is 0 Å². The van der Waals surface area contributed by atoms with Crippen molar-refractivity contribution in [3.8, 4) is 12.1 Å². The van der Waals surface area contributed by atoms with Crippen molar-refractivity contribution in [1.29, 1.82) is 10.5 Å². The second-order valence-corrected chi connectivity index (χ2v) is 9.00. The van der Waals surface area contributed by atoms with Gasteiger partial charge in [0, 0.05) is 18.8 Å². The number of nitrogens with zero attached hydrogens (tertiary/aromatic N) is 3. The number of amides is 5. The van der Waals surface area contributed by atoms with E-state index in [9.17, 15) is 24.9 Å². The first-order valence-electron chi connectivity index (χ1n) is 13.2. The second kappa shape index (κ2) is 13.3. The van der Waals surface area contributed by atoms with Crippen LogP contribution in [0.5, 0.6) is 0 Å². The van der Waals surface area contributed by atoms with E-state index in [1.54, 1.807) is 62.4 Å². The molecule has 5 amide bonds. The number of benzene rings is 3. The number of hydrogen-bond acceptors (Lipinski definition) is 7. The summed E-state index contributed by atoms with van der Waals surface area (Å²) >= 11 is 0. The molecule has 0 spiro atoms. The topological polar surface area (TPSA) is 169 Å². The predicted molar refractivity (Wildman–Crippen MR) is 154 cm³/mol. The van der Waals surface area contributed by atoms with E-state index < -0.39 is 29.9 Å². The van der Waals surface area contributed by atoms with Crippen LogP contribution in [0.1, 0.15) is 30.5 Å². The molecule has 0 radical (unpaired) electrons. The molecule has 0 aromatic heterocycles. The van der Waals surface area contributed by atoms with Crippen LogP contribution in [0, 0.1) is 22.7 Å². The van der Waals surface area contributed by atoms with Gasteiger partial charge in [0.15, 0.2) is 6.29 Å². The van der Waals surface area contributed by atoms with Gasteiger partial charge in [-0.3, -0.25) is 4.79 Å². The first-order valence-corrected chi connectivity index (χ1v) is 13.2. The lowest BCUT2D eigenvalue weighted by molar-refractivity contribution is -0.137. The molecule has 0 unspecified atom stereocenters. The first kappa shape index (κ1) is 29.6. The van der Waals surface area contributed by atoms with Crippen molar-refractivity contribution < 1.29 is 23.9 Å². The van der Waals surface area contributed by atoms with Gasteiger partial charge in [-0.05, 0) is 44.2 Å². The Morgan fingerprint density at radius 3 is 1.79 bits per heavy atom. The average molecular weight is 568 g/mol. The SMILES string of the molecule is CCOC(CN1C(=O)C(NC(=O)Nc2ccccc2C#N)(NC(=O)Nc2ccccc2C#N)c2ccccc21)OCC. The van der Waals surface area contributed by atoms with E-state index in [1.165, 1.54) is 29.2 Å². The molecule has 1 aliphatic heterocycles. The van der Waals surface area contributed by atoms with Gasteiger partial charge in [-0.1, -0.05) is 42.5 Å². The summed E-state index contributed by atoms with van der Waals surface area (Å²) in [5, 5.41) is 29.4. The Kier molecular flexibility index (Phi) is 9.35. The van der Waals surface area contributed by atoms with Crippen molar-refractivity contribution >= 4 is 35.0 Å². The summed E-state index contributed by atoms with van der Waals surface area (Å²) < 4.78 is 11.3. The van der Waals surface area contributed by atoms with Gasteiger partial charge in [0.2, 0.25) is 5.66 Å². The second-order valence-electron chi connectivity index (χ2n) is 9.00. The number of para-hydroxylation sites is 3. The van der Waals surface area contributed by atoms with Crippen molar-refractivity contribution in [1.82, 2.24) is 10.6 Å². The zero-order chi connectivity index (χ0) is 30.1. The summed E-state index contributed by atoms with van der Waals surface area (Å²) in [6.07, 6.45) is -0.777. The van der Waals surface area contributed by atoms with Crippen LogP contribution in [0.3, 0.4) is 0 Å². The predicted octanol–water partition coefficient (Wildman–Crippen LogP) is 3.97. The maximum Gasteiger partial charge on any atom is 0.321 e. The van der Waals surface area contributed by atoms with Crippen LogP contribution < -0.4 is 26.2 Å². The normalized spacial score (nSPS) is 13.1. The molecule has 4 N–H and O–H groups in total. The Balaban J connectivity index is 1.73. The number of carbonyl (C=O) groups is 3. The zero-order valence-electron chi connectivity index (χ0n) is 23.0. The number of nitriles is 2. The molecule has 214 valence electrons. The van der Waals surface area contributed by atoms with Crippen LogP contribution in [0.15, 0.2) is 72.8 Å². The molecule has 3 aromatic rings. The third-order valence-electron chi connectivity index (χ3n) is 6.40. The fraction of sp³-hybridized carbons (Fsp3) is 0.233. The molecule has 0 fully saturated rings. The average Bonchev–Trinajstić information content (AvgIpc) is 3.20. The lowest BCUT2D eigenvalue weighted by atomic mass is 10.0. The molecule has 1 heterocycles. The van der Waals surface area contributed by atoms with Crippen LogP contribution in [0.25, 0.3) is 0 Å². The summed E-state index contributed by atoms with van der Waals surface area (Å²) in [6.45, 7) is 4.23. The van der Waals surface area contributed by atoms with Crippen LogP contribution >= 0.6 is 0 Å². The number of ether oxygens (including phenoxy) is 2. The number of anilines is 3. The molecule has 0 saturated carbocycles. The Hall–Kier alpha value is -5.43. The van der Waals surface area contributed by atoms with Crippen molar-refractivity contribution in [2.24, 2.45) is 0 Å². The van der Waals surface area contributed by atoms with E-state index in [-0.39, 0.29) is 34.6 Å². The molecule has 3 aromatic carbocycles. The number of carbonyl (C=O) groups excluding carboxylic acids is 3. The summed E-state index contributed by atoms with van der Waals surface area (Å²) in [5.74, 6) is -0.680. The van der Waals surface area contributed by atoms with Crippen molar-refractivity contribution in [2.75, 3.05) is 35.3 Å². The maximum atomic E-state index is 14.3. The van der Waals surface area contributed by atoms with Crippen LogP contribution in [0.4, 0.5) is 26.7 Å². The van der Waals surface area contributed by atoms with Crippen molar-refractivity contribution in [3.05, 3.63) is 89.5 Å². The van der Waals surface area contributed by atoms with Crippen molar-refractivity contribution in [2.45, 2.75) is 25.8 Å². The number of hydrogen-bond donors (Lipinski definition) is 4. The highest BCUT2D eigenvalue weighted by Crippen LogP contribution is 2.39. The van der Waals surface area contributed by atoms with E-state index in [0.29, 0.717) is 18.9 Å². The van der Waals surface area contributed by atoms with Crippen LogP contribution in [-0.4, -0.2) is 44.0 Å². The van der Waals surface area contributed by atoms with Gasteiger partial charge >= 0.3 is 12.1 Å². The first-order chi connectivity index (χ1) is 20.4. The highest BCUT2D eigenvalue weighted by molar-refractivity contribution is 6.12. The van der Waals surface area contributed by atoms with E-state index in [2.05, 4.69) is 21.3 Å². The van der Waals surface area contributed by atoms with Crippen LogP contribution in [0.2, 0.25) is 0 Å². The molecule has 0 atom stereocenters. The standard InChI is InChI=1S/C30H29N7O5/c1-3-41-26(42-4-2)19-37-25-16-10-7-13-22(25)30(27(37)38,35-28(39)33-23-14-8-5-11-20(23)17-31)36-29(40)34-24-15-9-6-12-21(24)18-32/h5-16,26H,3-4,19H2,1-2H3,(H2,33,35,39)(H2,34,36,40). The summed E-state index contributed by atoms with van der Waals surface area (Å²) in [6, 6.07) is 21.7. The Labute approximate surface area is 242 Å². The minimum Gasteiger partial charge on any atom is -0.351 e. The quantitative estimate of drug-likeness (QED) is 0.269. The highest BCUT2D eigenvalue weighted by Gasteiger charge is 2.54. The van der Waals surface area contributed by atoms with Gasteiger partial charge in [0.1, 0.15) is 12.1 Å². The smallest absolute Gasteiger partial charge is 0.321 e. The molecular weight excluding hydrogens is 538 g/mol. The third kappa shape index (κ3) is 6.15. The zero-order valence-corrected chi connectivity index (χ0v) is 23.0. The van der Waals surface area contributed by atoms with Gasteiger partial charge in [-0.25, -0.2) is 9.59 Å². The lowest BCUT2D eigenvalue weighted by Crippen LogP contribution is -2.65. The van der Waals surface area contributed by atoms with E-state index in [0.717, 1.165) is 0 Å². The lowest BCUT2D eigenvalue weighted by Gasteiger charge is -2.31. The Bertz CT molecular complexity index is 1480. The largest absolute Gasteiger partial charge is 0.351 e. The van der Waals surface area contributed by atoms with Gasteiger partial charge in [0.25, 0.3) is 5.91 Å². The van der Waals surface area contributed by atoms with Gasteiger partial charge < -0.3 is 35.6 Å². The fourth-order valence-corrected chi connectivity index (χ4v) is 4.61. The minimum absolute atomic E-state index is 0.0274. The monoisotopic (exact) mass is 567 g/mol. The molecule has 12 nitrogen and oxygen atoms in total. The van der Waals surface area contributed by atoms with Crippen LogP contribution in [-0.2, 0) is 19.9 Å². The Morgan fingerprint density at radius 1 is 0.810 bits per heavy atom. The Morgan fingerprint density at radius 2 is 1.29 bits per heavy atom. The third-order valence-corrected chi connectivity index (χ3v) is 6.40. The molecule has 0 bridgehead atoms.